The second-order valence-electron chi connectivity index (χ2n) is 18.6. The second kappa shape index (κ2) is 21.5. The Morgan fingerprint density at radius 1 is 0.303 bits per heavy atom. The monoisotopic (exact) mass is 1160 g/mol. The third-order valence-electron chi connectivity index (χ3n) is 13.7. The molecule has 366 valence electrons. The van der Waals surface area contributed by atoms with Crippen LogP contribution >= 0.6 is 0 Å². The minimum Gasteiger partial charge on any atom is -0.520 e. The first-order chi connectivity index (χ1) is 37.1. The fraction of sp³-hybridized carbons (Fsp3) is 0.0909. The number of nitrogens with zero attached hydrogens (tertiary/aromatic N) is 6. The summed E-state index contributed by atoms with van der Waals surface area (Å²) >= 11 is 0. The predicted molar refractivity (Wildman–Crippen MR) is 293 cm³/mol. The SMILES string of the molecule is [Ir+3].[c-]1cc2ncc1-c1ccc(cn1)-c1ccccc1-c1cc3cc(c1)-c1ccccc1-c1ccc(nc1)-c1[c-]cc(nc1)OCCc1cc(cc(c1)CCOc1c[c-]c(cn1)-c1ccc(cn1)-c1ccccc1-3)CCO2. The van der Waals surface area contributed by atoms with Crippen molar-refractivity contribution in [3.63, 3.8) is 0 Å². The van der Waals surface area contributed by atoms with Crippen LogP contribution in [0, 0.1) is 18.2 Å². The number of hydrogen-bond acceptors (Lipinski definition) is 9. The Kier molecular flexibility index (Phi) is 13.6. The van der Waals surface area contributed by atoms with Gasteiger partial charge in [-0.2, -0.15) is 0 Å². The van der Waals surface area contributed by atoms with Crippen molar-refractivity contribution in [1.82, 2.24) is 29.9 Å². The maximum atomic E-state index is 6.21. The van der Waals surface area contributed by atoms with Gasteiger partial charge in [0.2, 0.25) is 0 Å². The summed E-state index contributed by atoms with van der Waals surface area (Å²) in [6, 6.07) is 67.0. The molecule has 24 aliphatic heterocycles. The van der Waals surface area contributed by atoms with Crippen molar-refractivity contribution in [2.75, 3.05) is 19.8 Å². The van der Waals surface area contributed by atoms with Crippen LogP contribution in [0.5, 0.6) is 17.6 Å². The van der Waals surface area contributed by atoms with Gasteiger partial charge in [0.1, 0.15) is 17.6 Å². The maximum absolute atomic E-state index is 6.21. The van der Waals surface area contributed by atoms with Gasteiger partial charge in [0.25, 0.3) is 0 Å². The Bertz CT molecular complexity index is 3410. The molecule has 24 aliphatic rings. The molecule has 0 saturated heterocycles. The Hall–Kier alpha value is -8.95. The van der Waals surface area contributed by atoms with E-state index in [0.717, 1.165) is 117 Å². The first-order valence-electron chi connectivity index (χ1n) is 25.1. The van der Waals surface area contributed by atoms with E-state index in [4.69, 9.17) is 29.2 Å². The number of hydrogen-bond donors (Lipinski definition) is 0. The summed E-state index contributed by atoms with van der Waals surface area (Å²) in [6.07, 6.45) is 13.1. The number of ether oxygens (including phenoxy) is 3. The Morgan fingerprint density at radius 2 is 0.592 bits per heavy atom. The average molecular weight is 1160 g/mol. The van der Waals surface area contributed by atoms with Crippen molar-refractivity contribution in [3.05, 3.63) is 236 Å². The third kappa shape index (κ3) is 10.2. The first-order valence-corrected chi connectivity index (χ1v) is 25.1. The minimum atomic E-state index is 0. The zero-order valence-electron chi connectivity index (χ0n) is 41.0. The van der Waals surface area contributed by atoms with Crippen LogP contribution in [0.15, 0.2) is 201 Å². The Labute approximate surface area is 454 Å². The third-order valence-corrected chi connectivity index (χ3v) is 13.7. The van der Waals surface area contributed by atoms with Crippen LogP contribution in [0.3, 0.4) is 0 Å². The number of benzene rings is 5. The topological polar surface area (TPSA) is 105 Å². The van der Waals surface area contributed by atoms with E-state index in [1.54, 1.807) is 36.8 Å². The van der Waals surface area contributed by atoms with Gasteiger partial charge in [0.15, 0.2) is 0 Å². The van der Waals surface area contributed by atoms with E-state index in [1.165, 1.54) is 0 Å². The van der Waals surface area contributed by atoms with Crippen molar-refractivity contribution in [2.45, 2.75) is 19.3 Å². The molecule has 76 heavy (non-hydrogen) atoms. The van der Waals surface area contributed by atoms with E-state index in [0.29, 0.717) is 56.7 Å². The molecule has 11 aromatic rings. The zero-order valence-corrected chi connectivity index (χ0v) is 43.4. The molecule has 18 bridgehead atoms. The van der Waals surface area contributed by atoms with E-state index < -0.39 is 0 Å². The Morgan fingerprint density at radius 3 is 0.842 bits per heavy atom. The van der Waals surface area contributed by atoms with Gasteiger partial charge >= 0.3 is 20.1 Å². The summed E-state index contributed by atoms with van der Waals surface area (Å²) < 4.78 is 18.6. The average Bonchev–Trinajstić information content (AvgIpc) is 3.50. The summed E-state index contributed by atoms with van der Waals surface area (Å²) in [5.74, 6) is 1.49. The van der Waals surface area contributed by atoms with Crippen LogP contribution in [0.1, 0.15) is 16.7 Å². The van der Waals surface area contributed by atoms with Crippen LogP contribution in [0.4, 0.5) is 0 Å². The molecule has 0 saturated carbocycles. The quantitative estimate of drug-likeness (QED) is 0.137. The molecule has 0 N–H and O–H groups in total. The molecule has 30 heterocycles. The molecule has 10 heteroatoms. The molecule has 0 amide bonds. The molecular formula is C66H45IrN6O3. The minimum absolute atomic E-state index is 0. The number of rotatable bonds is 0. The normalized spacial score (nSPS) is 12.6. The van der Waals surface area contributed by atoms with Crippen molar-refractivity contribution in [3.8, 4) is 118 Å². The molecule has 35 rings (SSSR count). The molecule has 9 nitrogen and oxygen atoms in total. The summed E-state index contributed by atoms with van der Waals surface area (Å²) in [5, 5.41) is 0. The second-order valence-corrected chi connectivity index (χ2v) is 18.6. The molecule has 0 atom stereocenters. The fourth-order valence-electron chi connectivity index (χ4n) is 9.97. The fourth-order valence-corrected chi connectivity index (χ4v) is 9.97. The van der Waals surface area contributed by atoms with Gasteiger partial charge in [-0.1, -0.05) is 164 Å². The van der Waals surface area contributed by atoms with Crippen LogP contribution in [-0.2, 0) is 39.4 Å². The van der Waals surface area contributed by atoms with Crippen molar-refractivity contribution >= 4 is 0 Å². The van der Waals surface area contributed by atoms with Crippen LogP contribution < -0.4 is 14.2 Å². The molecular weight excluding hydrogens is 1120 g/mol. The van der Waals surface area contributed by atoms with Gasteiger partial charge in [-0.25, -0.2) is 0 Å². The van der Waals surface area contributed by atoms with Gasteiger partial charge in [0.05, 0.1) is 19.8 Å². The number of pyridine rings is 6. The van der Waals surface area contributed by atoms with E-state index in [-0.39, 0.29) is 20.1 Å². The predicted octanol–water partition coefficient (Wildman–Crippen LogP) is 13.9. The van der Waals surface area contributed by atoms with Crippen LogP contribution in [-0.4, -0.2) is 49.7 Å². The van der Waals surface area contributed by atoms with Crippen molar-refractivity contribution in [2.24, 2.45) is 0 Å². The summed E-state index contributed by atoms with van der Waals surface area (Å²) in [7, 11) is 0. The Balaban J connectivity index is 0.00000582. The van der Waals surface area contributed by atoms with Crippen molar-refractivity contribution in [1.29, 1.82) is 0 Å². The molecule has 0 spiro atoms. The molecule has 5 aromatic carbocycles. The van der Waals surface area contributed by atoms with Crippen LogP contribution in [0.2, 0.25) is 0 Å². The molecule has 0 radical (unpaired) electrons. The van der Waals surface area contributed by atoms with E-state index in [2.05, 4.69) is 161 Å². The van der Waals surface area contributed by atoms with Gasteiger partial charge < -0.3 is 44.1 Å². The summed E-state index contributed by atoms with van der Waals surface area (Å²) in [5.41, 5.74) is 20.5. The first kappa shape index (κ1) is 48.0. The molecule has 0 aliphatic carbocycles. The molecule has 0 unspecified atom stereocenters. The summed E-state index contributed by atoms with van der Waals surface area (Å²) in [6.45, 7) is 1.29. The van der Waals surface area contributed by atoms with Gasteiger partial charge in [-0.05, 0) is 119 Å². The van der Waals surface area contributed by atoms with Gasteiger partial charge in [-0.3, -0.25) is 0 Å². The van der Waals surface area contributed by atoms with Crippen molar-refractivity contribution < 1.29 is 34.3 Å². The van der Waals surface area contributed by atoms with E-state index in [9.17, 15) is 0 Å². The molecule has 0 fully saturated rings. The molecule has 6 aromatic heterocycles. The number of aromatic nitrogens is 6. The smallest absolute Gasteiger partial charge is 0.520 e. The van der Waals surface area contributed by atoms with Crippen LogP contribution in [0.25, 0.3) is 101 Å². The van der Waals surface area contributed by atoms with E-state index in [1.807, 2.05) is 36.8 Å². The standard InChI is InChI=1S/C66H45N6O3.Ir/c1-4-10-58-52-34-53-36-54(35-52)60-12-6-3-9-57(60)48-15-21-63(69-39-48)51-18-24-66(72-42-51)75-30-27-45-32-43(25-28-73-64-22-16-49(40-70-64)61-19-13-46(37-67-61)55(58)7-1)31-44(33-45)26-29-74-65-23-17-50(41-71-65)62-20-14-47(38-68-62)56-8-2-5-11-59(53)56;/h1-15,19-24,31-42H,25-30H2;/q-3;+3. The largest absolute Gasteiger partial charge is 3.00 e. The maximum Gasteiger partial charge on any atom is 3.00 e. The zero-order chi connectivity index (χ0) is 49.9. The van der Waals surface area contributed by atoms with E-state index >= 15 is 0 Å². The van der Waals surface area contributed by atoms with Gasteiger partial charge in [0, 0.05) is 37.9 Å². The summed E-state index contributed by atoms with van der Waals surface area (Å²) in [4.78, 5) is 28.9. The van der Waals surface area contributed by atoms with Gasteiger partial charge in [-0.15, -0.1) is 34.9 Å².